The molecule has 0 saturated heterocycles. The molecule has 0 heterocycles. The lowest BCUT2D eigenvalue weighted by Gasteiger charge is -2.12. The summed E-state index contributed by atoms with van der Waals surface area (Å²) in [6.07, 6.45) is 3.38. The topological polar surface area (TPSA) is 54.9 Å². The van der Waals surface area contributed by atoms with Crippen LogP contribution in [0, 0.1) is 0 Å². The monoisotopic (exact) mass is 421 g/mol. The summed E-state index contributed by atoms with van der Waals surface area (Å²) in [6.45, 7) is 3.09. The predicted molar refractivity (Wildman–Crippen MR) is 102 cm³/mol. The molecule has 0 atom stereocenters. The van der Waals surface area contributed by atoms with Gasteiger partial charge >= 0.3 is 0 Å². The Kier molecular flexibility index (Phi) is 14.2. The SMILES string of the molecule is CN=C(NCCCCCOC)NCCOc1ccccc1.I. The largest absolute Gasteiger partial charge is 0.492 e. The molecule has 0 aliphatic rings. The number of rotatable bonds is 10. The van der Waals surface area contributed by atoms with Crippen molar-refractivity contribution in [1.29, 1.82) is 0 Å². The molecule has 0 bridgehead atoms. The van der Waals surface area contributed by atoms with Crippen LogP contribution in [0.4, 0.5) is 0 Å². The third-order valence-corrected chi connectivity index (χ3v) is 2.95. The van der Waals surface area contributed by atoms with E-state index in [0.717, 1.165) is 50.7 Å². The van der Waals surface area contributed by atoms with Gasteiger partial charge in [0.25, 0.3) is 0 Å². The van der Waals surface area contributed by atoms with Gasteiger partial charge in [-0.1, -0.05) is 18.2 Å². The molecule has 0 fully saturated rings. The highest BCUT2D eigenvalue weighted by atomic mass is 127. The van der Waals surface area contributed by atoms with Gasteiger partial charge in [-0.15, -0.1) is 24.0 Å². The molecular weight excluding hydrogens is 393 g/mol. The first-order chi connectivity index (χ1) is 10.4. The molecular formula is C16H28IN3O2. The van der Waals surface area contributed by atoms with Gasteiger partial charge in [-0.3, -0.25) is 4.99 Å². The summed E-state index contributed by atoms with van der Waals surface area (Å²) in [6, 6.07) is 9.81. The Labute approximate surface area is 150 Å². The van der Waals surface area contributed by atoms with Crippen LogP contribution < -0.4 is 15.4 Å². The quantitative estimate of drug-likeness (QED) is 0.264. The number of methoxy groups -OCH3 is 1. The molecule has 126 valence electrons. The van der Waals surface area contributed by atoms with Gasteiger partial charge in [0.1, 0.15) is 12.4 Å². The lowest BCUT2D eigenvalue weighted by atomic mass is 10.2. The number of hydrogen-bond donors (Lipinski definition) is 2. The van der Waals surface area contributed by atoms with E-state index in [1.165, 1.54) is 0 Å². The predicted octanol–water partition coefficient (Wildman–Crippen LogP) is 2.67. The highest BCUT2D eigenvalue weighted by Gasteiger charge is 1.97. The van der Waals surface area contributed by atoms with Gasteiger partial charge in [0.05, 0.1) is 6.54 Å². The zero-order valence-electron chi connectivity index (χ0n) is 13.5. The van der Waals surface area contributed by atoms with E-state index < -0.39 is 0 Å². The van der Waals surface area contributed by atoms with Gasteiger partial charge in [0.2, 0.25) is 0 Å². The van der Waals surface area contributed by atoms with Crippen LogP contribution in [0.25, 0.3) is 0 Å². The minimum absolute atomic E-state index is 0. The summed E-state index contributed by atoms with van der Waals surface area (Å²) in [5.74, 6) is 1.71. The third kappa shape index (κ3) is 10.7. The summed E-state index contributed by atoms with van der Waals surface area (Å²) >= 11 is 0. The number of unbranched alkanes of at least 4 members (excludes halogenated alkanes) is 2. The second kappa shape index (κ2) is 14.9. The Hall–Kier alpha value is -1.02. The number of halogens is 1. The fourth-order valence-electron chi connectivity index (χ4n) is 1.83. The fraction of sp³-hybridized carbons (Fsp3) is 0.562. The van der Waals surface area contributed by atoms with E-state index in [2.05, 4.69) is 15.6 Å². The van der Waals surface area contributed by atoms with Gasteiger partial charge in [-0.2, -0.15) is 0 Å². The smallest absolute Gasteiger partial charge is 0.191 e. The molecule has 0 saturated carbocycles. The molecule has 6 heteroatoms. The Morgan fingerprint density at radius 3 is 2.41 bits per heavy atom. The molecule has 0 amide bonds. The maximum atomic E-state index is 5.61. The number of nitrogens with zero attached hydrogens (tertiary/aromatic N) is 1. The summed E-state index contributed by atoms with van der Waals surface area (Å²) in [4.78, 5) is 4.18. The number of para-hydroxylation sites is 1. The van der Waals surface area contributed by atoms with Crippen molar-refractivity contribution in [3.63, 3.8) is 0 Å². The highest BCUT2D eigenvalue weighted by molar-refractivity contribution is 14.0. The molecule has 1 aromatic carbocycles. The Morgan fingerprint density at radius 1 is 1.00 bits per heavy atom. The van der Waals surface area contributed by atoms with Gasteiger partial charge in [-0.25, -0.2) is 0 Å². The van der Waals surface area contributed by atoms with E-state index in [-0.39, 0.29) is 24.0 Å². The highest BCUT2D eigenvalue weighted by Crippen LogP contribution is 2.07. The Bertz CT molecular complexity index is 388. The number of guanidine groups is 1. The minimum Gasteiger partial charge on any atom is -0.492 e. The zero-order chi connectivity index (χ0) is 15.2. The van der Waals surface area contributed by atoms with Crippen LogP contribution in [0.1, 0.15) is 19.3 Å². The number of hydrogen-bond acceptors (Lipinski definition) is 3. The lowest BCUT2D eigenvalue weighted by molar-refractivity contribution is 0.192. The van der Waals surface area contributed by atoms with E-state index >= 15 is 0 Å². The Morgan fingerprint density at radius 2 is 1.73 bits per heavy atom. The van der Waals surface area contributed by atoms with Crippen molar-refractivity contribution in [3.8, 4) is 5.75 Å². The number of nitrogens with one attached hydrogen (secondary N) is 2. The molecule has 1 aromatic rings. The number of benzene rings is 1. The average molecular weight is 421 g/mol. The molecule has 0 aliphatic heterocycles. The fourth-order valence-corrected chi connectivity index (χ4v) is 1.83. The average Bonchev–Trinajstić information content (AvgIpc) is 2.53. The van der Waals surface area contributed by atoms with E-state index in [9.17, 15) is 0 Å². The van der Waals surface area contributed by atoms with Crippen molar-refractivity contribution >= 4 is 29.9 Å². The van der Waals surface area contributed by atoms with Crippen LogP contribution in [-0.2, 0) is 4.74 Å². The van der Waals surface area contributed by atoms with Crippen LogP contribution in [0.5, 0.6) is 5.75 Å². The molecule has 22 heavy (non-hydrogen) atoms. The second-order valence-corrected chi connectivity index (χ2v) is 4.64. The van der Waals surface area contributed by atoms with Crippen molar-refractivity contribution in [2.75, 3.05) is 40.5 Å². The minimum atomic E-state index is 0. The van der Waals surface area contributed by atoms with E-state index in [0.29, 0.717) is 6.61 Å². The number of ether oxygens (including phenoxy) is 2. The standard InChI is InChI=1S/C16H27N3O2.HI/c1-17-16(18-11-7-4-8-13-20-2)19-12-14-21-15-9-5-3-6-10-15;/h3,5-6,9-10H,4,7-8,11-14H2,1-2H3,(H2,17,18,19);1H. The molecule has 0 spiro atoms. The molecule has 5 nitrogen and oxygen atoms in total. The summed E-state index contributed by atoms with van der Waals surface area (Å²) in [5, 5.41) is 6.52. The van der Waals surface area contributed by atoms with Crippen LogP contribution >= 0.6 is 24.0 Å². The van der Waals surface area contributed by atoms with Gasteiger partial charge < -0.3 is 20.1 Å². The number of aliphatic imine (C=N–C) groups is 1. The van der Waals surface area contributed by atoms with Crippen molar-refractivity contribution < 1.29 is 9.47 Å². The van der Waals surface area contributed by atoms with Crippen molar-refractivity contribution in [2.45, 2.75) is 19.3 Å². The summed E-state index contributed by atoms with van der Waals surface area (Å²) in [7, 11) is 3.51. The first kappa shape index (κ1) is 21.0. The molecule has 0 aromatic heterocycles. The summed E-state index contributed by atoms with van der Waals surface area (Å²) < 4.78 is 10.6. The van der Waals surface area contributed by atoms with Gasteiger partial charge in [0, 0.05) is 27.3 Å². The summed E-state index contributed by atoms with van der Waals surface area (Å²) in [5.41, 5.74) is 0. The molecule has 0 radical (unpaired) electrons. The van der Waals surface area contributed by atoms with Crippen LogP contribution in [-0.4, -0.2) is 46.4 Å². The maximum Gasteiger partial charge on any atom is 0.191 e. The van der Waals surface area contributed by atoms with E-state index in [4.69, 9.17) is 9.47 Å². The van der Waals surface area contributed by atoms with Gasteiger partial charge in [-0.05, 0) is 31.4 Å². The van der Waals surface area contributed by atoms with E-state index in [1.54, 1.807) is 14.2 Å². The van der Waals surface area contributed by atoms with Gasteiger partial charge in [0.15, 0.2) is 5.96 Å². The van der Waals surface area contributed by atoms with Crippen LogP contribution in [0.2, 0.25) is 0 Å². The first-order valence-electron chi connectivity index (χ1n) is 7.48. The molecule has 0 aliphatic carbocycles. The van der Waals surface area contributed by atoms with Crippen LogP contribution in [0.15, 0.2) is 35.3 Å². The zero-order valence-corrected chi connectivity index (χ0v) is 15.8. The maximum absolute atomic E-state index is 5.61. The van der Waals surface area contributed by atoms with Crippen molar-refractivity contribution in [2.24, 2.45) is 4.99 Å². The third-order valence-electron chi connectivity index (χ3n) is 2.95. The normalized spacial score (nSPS) is 10.7. The molecule has 2 N–H and O–H groups in total. The Balaban J connectivity index is 0.00000441. The van der Waals surface area contributed by atoms with Crippen molar-refractivity contribution in [3.05, 3.63) is 30.3 Å². The van der Waals surface area contributed by atoms with E-state index in [1.807, 2.05) is 30.3 Å². The first-order valence-corrected chi connectivity index (χ1v) is 7.48. The van der Waals surface area contributed by atoms with Crippen LogP contribution in [0.3, 0.4) is 0 Å². The lowest BCUT2D eigenvalue weighted by Crippen LogP contribution is -2.39. The molecule has 1 rings (SSSR count). The molecule has 0 unspecified atom stereocenters. The second-order valence-electron chi connectivity index (χ2n) is 4.64. The van der Waals surface area contributed by atoms with Crippen molar-refractivity contribution in [1.82, 2.24) is 10.6 Å².